The van der Waals surface area contributed by atoms with E-state index in [0.717, 1.165) is 5.56 Å². The summed E-state index contributed by atoms with van der Waals surface area (Å²) >= 11 is 12.1. The zero-order chi connectivity index (χ0) is 21.0. The summed E-state index contributed by atoms with van der Waals surface area (Å²) in [7, 11) is 2.61. The van der Waals surface area contributed by atoms with Crippen LogP contribution in [-0.4, -0.2) is 31.1 Å². The number of carbonyl (C=O) groups is 2. The average molecular weight is 432 g/mol. The fourth-order valence-electron chi connectivity index (χ4n) is 3.23. The van der Waals surface area contributed by atoms with Crippen LogP contribution in [0.15, 0.2) is 72.1 Å². The summed E-state index contributed by atoms with van der Waals surface area (Å²) < 4.78 is 9.97. The van der Waals surface area contributed by atoms with E-state index < -0.39 is 17.9 Å². The molecule has 29 heavy (non-hydrogen) atoms. The van der Waals surface area contributed by atoms with Gasteiger partial charge in [-0.1, -0.05) is 47.5 Å². The number of nitrogens with zero attached hydrogens (tertiary/aromatic N) is 1. The number of methoxy groups -OCH3 is 2. The zero-order valence-electron chi connectivity index (χ0n) is 15.9. The Morgan fingerprint density at radius 1 is 0.897 bits per heavy atom. The van der Waals surface area contributed by atoms with Crippen LogP contribution in [0.2, 0.25) is 10.0 Å². The molecule has 1 aliphatic heterocycles. The summed E-state index contributed by atoms with van der Waals surface area (Å²) in [6, 6.07) is 14.3. The van der Waals surface area contributed by atoms with Crippen molar-refractivity contribution in [2.24, 2.45) is 0 Å². The van der Waals surface area contributed by atoms with E-state index in [9.17, 15) is 9.59 Å². The first kappa shape index (κ1) is 21.0. The molecule has 0 saturated carbocycles. The highest BCUT2D eigenvalue weighted by molar-refractivity contribution is 6.30. The van der Waals surface area contributed by atoms with Crippen molar-refractivity contribution in [3.05, 3.63) is 93.2 Å². The third-order valence-electron chi connectivity index (χ3n) is 4.53. The normalized spacial score (nSPS) is 14.1. The molecule has 0 aliphatic carbocycles. The SMILES string of the molecule is COC(=O)C1=CN(Cc2ccc(Cl)cc2)C=C(C(=O)OC)C1c1cccc(Cl)c1. The molecule has 150 valence electrons. The molecule has 0 fully saturated rings. The maximum Gasteiger partial charge on any atom is 0.336 e. The van der Waals surface area contributed by atoms with Gasteiger partial charge in [-0.2, -0.15) is 0 Å². The van der Waals surface area contributed by atoms with Crippen molar-refractivity contribution in [2.45, 2.75) is 12.5 Å². The van der Waals surface area contributed by atoms with E-state index in [1.54, 1.807) is 53.7 Å². The van der Waals surface area contributed by atoms with Gasteiger partial charge in [0, 0.05) is 29.0 Å². The number of ether oxygens (including phenoxy) is 2. The first-order chi connectivity index (χ1) is 13.9. The van der Waals surface area contributed by atoms with E-state index in [4.69, 9.17) is 32.7 Å². The molecule has 1 heterocycles. The third-order valence-corrected chi connectivity index (χ3v) is 5.02. The van der Waals surface area contributed by atoms with Gasteiger partial charge in [0.25, 0.3) is 0 Å². The molecule has 0 radical (unpaired) electrons. The van der Waals surface area contributed by atoms with Crippen LogP contribution in [0.4, 0.5) is 0 Å². The van der Waals surface area contributed by atoms with Gasteiger partial charge in [0.1, 0.15) is 0 Å². The van der Waals surface area contributed by atoms with Gasteiger partial charge in [-0.25, -0.2) is 9.59 Å². The van der Waals surface area contributed by atoms with E-state index in [2.05, 4.69) is 0 Å². The van der Waals surface area contributed by atoms with Crippen LogP contribution in [0.5, 0.6) is 0 Å². The van der Waals surface area contributed by atoms with E-state index in [-0.39, 0.29) is 0 Å². The highest BCUT2D eigenvalue weighted by Gasteiger charge is 2.35. The second kappa shape index (κ2) is 9.16. The molecular weight excluding hydrogens is 413 g/mol. The molecule has 2 aromatic carbocycles. The van der Waals surface area contributed by atoms with E-state index in [1.165, 1.54) is 14.2 Å². The molecule has 0 aromatic heterocycles. The van der Waals surface area contributed by atoms with Crippen LogP contribution in [0, 0.1) is 0 Å². The van der Waals surface area contributed by atoms with Crippen LogP contribution >= 0.6 is 23.2 Å². The highest BCUT2D eigenvalue weighted by atomic mass is 35.5. The topological polar surface area (TPSA) is 55.8 Å². The van der Waals surface area contributed by atoms with Crippen LogP contribution < -0.4 is 0 Å². The molecule has 0 amide bonds. The summed E-state index contributed by atoms with van der Waals surface area (Å²) in [4.78, 5) is 26.9. The Morgan fingerprint density at radius 3 is 2.00 bits per heavy atom. The Hall–Kier alpha value is -2.76. The van der Waals surface area contributed by atoms with Crippen molar-refractivity contribution in [3.63, 3.8) is 0 Å². The van der Waals surface area contributed by atoms with Crippen molar-refractivity contribution in [1.29, 1.82) is 0 Å². The first-order valence-electron chi connectivity index (χ1n) is 8.78. The van der Waals surface area contributed by atoms with Gasteiger partial charge in [-0.3, -0.25) is 0 Å². The van der Waals surface area contributed by atoms with E-state index in [0.29, 0.717) is 33.3 Å². The van der Waals surface area contributed by atoms with Crippen LogP contribution in [0.3, 0.4) is 0 Å². The quantitative estimate of drug-likeness (QED) is 0.641. The number of rotatable bonds is 5. The largest absolute Gasteiger partial charge is 0.466 e. The Bertz CT molecular complexity index is 949. The number of carbonyl (C=O) groups excluding carboxylic acids is 2. The van der Waals surface area contributed by atoms with Crippen LogP contribution in [0.1, 0.15) is 17.0 Å². The lowest BCUT2D eigenvalue weighted by Crippen LogP contribution is -2.28. The molecule has 5 nitrogen and oxygen atoms in total. The number of hydrogen-bond acceptors (Lipinski definition) is 5. The lowest BCUT2D eigenvalue weighted by molar-refractivity contribution is -0.137. The number of hydrogen-bond donors (Lipinski definition) is 0. The summed E-state index contributed by atoms with van der Waals surface area (Å²) in [5.41, 5.74) is 2.27. The van der Waals surface area contributed by atoms with Crippen LogP contribution in [-0.2, 0) is 25.6 Å². The van der Waals surface area contributed by atoms with Crippen molar-refractivity contribution < 1.29 is 19.1 Å². The lowest BCUT2D eigenvalue weighted by Gasteiger charge is -2.30. The summed E-state index contributed by atoms with van der Waals surface area (Å²) in [6.45, 7) is 0.431. The smallest absolute Gasteiger partial charge is 0.336 e. The van der Waals surface area contributed by atoms with Crippen molar-refractivity contribution >= 4 is 35.1 Å². The summed E-state index contributed by atoms with van der Waals surface area (Å²) in [6.07, 6.45) is 3.36. The maximum atomic E-state index is 12.6. The maximum absolute atomic E-state index is 12.6. The molecule has 0 spiro atoms. The second-order valence-electron chi connectivity index (χ2n) is 6.44. The van der Waals surface area contributed by atoms with Gasteiger partial charge in [-0.15, -0.1) is 0 Å². The van der Waals surface area contributed by atoms with Crippen LogP contribution in [0.25, 0.3) is 0 Å². The molecule has 7 heteroatoms. The van der Waals surface area contributed by atoms with Crippen molar-refractivity contribution in [3.8, 4) is 0 Å². The van der Waals surface area contributed by atoms with Gasteiger partial charge in [0.15, 0.2) is 0 Å². The predicted molar refractivity (Wildman–Crippen MR) is 111 cm³/mol. The van der Waals surface area contributed by atoms with Gasteiger partial charge in [0.05, 0.1) is 31.3 Å². The Morgan fingerprint density at radius 2 is 1.48 bits per heavy atom. The molecule has 0 N–H and O–H groups in total. The molecule has 2 aromatic rings. The monoisotopic (exact) mass is 431 g/mol. The highest BCUT2D eigenvalue weighted by Crippen LogP contribution is 2.38. The van der Waals surface area contributed by atoms with Gasteiger partial charge >= 0.3 is 11.9 Å². The minimum Gasteiger partial charge on any atom is -0.466 e. The molecule has 0 unspecified atom stereocenters. The third kappa shape index (κ3) is 4.81. The fraction of sp³-hybridized carbons (Fsp3) is 0.182. The van der Waals surface area contributed by atoms with Gasteiger partial charge in [0.2, 0.25) is 0 Å². The van der Waals surface area contributed by atoms with Gasteiger partial charge in [-0.05, 0) is 35.4 Å². The molecule has 0 saturated heterocycles. The average Bonchev–Trinajstić information content (AvgIpc) is 2.73. The van der Waals surface area contributed by atoms with E-state index >= 15 is 0 Å². The van der Waals surface area contributed by atoms with Gasteiger partial charge < -0.3 is 14.4 Å². The second-order valence-corrected chi connectivity index (χ2v) is 7.31. The number of esters is 2. The minimum absolute atomic E-state index is 0.312. The Labute approximate surface area is 179 Å². The zero-order valence-corrected chi connectivity index (χ0v) is 17.4. The fourth-order valence-corrected chi connectivity index (χ4v) is 3.55. The molecule has 3 rings (SSSR count). The minimum atomic E-state index is -0.657. The summed E-state index contributed by atoms with van der Waals surface area (Å²) in [5, 5.41) is 1.13. The standard InChI is InChI=1S/C22H19Cl2NO4/c1-28-21(26)18-12-25(11-14-6-8-16(23)9-7-14)13-19(22(27)29-2)20(18)15-4-3-5-17(24)10-15/h3-10,12-13,20H,11H2,1-2H3. The molecule has 0 bridgehead atoms. The Kier molecular flexibility index (Phi) is 6.62. The van der Waals surface area contributed by atoms with E-state index in [1.807, 2.05) is 12.1 Å². The van der Waals surface area contributed by atoms with Crippen molar-refractivity contribution in [2.75, 3.05) is 14.2 Å². The lowest BCUT2D eigenvalue weighted by atomic mass is 9.83. The molecule has 0 atom stereocenters. The predicted octanol–water partition coefficient (Wildman–Crippen LogP) is 4.71. The van der Waals surface area contributed by atoms with Crippen molar-refractivity contribution in [1.82, 2.24) is 4.90 Å². The number of benzene rings is 2. The molecular formula is C22H19Cl2NO4. The first-order valence-corrected chi connectivity index (χ1v) is 9.54. The Balaban J connectivity index is 2.07. The molecule has 1 aliphatic rings. The summed E-state index contributed by atoms with van der Waals surface area (Å²) in [5.74, 6) is -1.73. The number of halogens is 2.